The Kier molecular flexibility index (Phi) is 48.7. The van der Waals surface area contributed by atoms with Crippen molar-refractivity contribution in [3.8, 4) is 0 Å². The minimum Gasteiger partial charge on any atom is -0.477 e. The van der Waals surface area contributed by atoms with Crippen LogP contribution in [0.4, 0.5) is 0 Å². The Morgan fingerprint density at radius 3 is 1.23 bits per heavy atom. The molecule has 0 spiro atoms. The molecule has 0 amide bonds. The zero-order chi connectivity index (χ0) is 50.6. The molecule has 2 atom stereocenters. The molecule has 69 heavy (non-hydrogen) atoms. The lowest BCUT2D eigenvalue weighted by Crippen LogP contribution is -2.40. The number of unbranched alkanes of at least 4 members (excludes halogenated alkanes) is 24. The van der Waals surface area contributed by atoms with Crippen LogP contribution >= 0.6 is 0 Å². The zero-order valence-electron chi connectivity index (χ0n) is 45.2. The normalized spacial score (nSPS) is 13.3. The van der Waals surface area contributed by atoms with E-state index in [-0.39, 0.29) is 32.2 Å². The summed E-state index contributed by atoms with van der Waals surface area (Å²) in [4.78, 5) is 37.4. The quantitative estimate of drug-likeness (QED) is 0.0211. The molecule has 0 fully saturated rings. The summed E-state index contributed by atoms with van der Waals surface area (Å²) in [5.41, 5.74) is 0. The van der Waals surface area contributed by atoms with Crippen molar-refractivity contribution < 1.29 is 42.9 Å². The highest BCUT2D eigenvalue weighted by Crippen LogP contribution is 2.16. The van der Waals surface area contributed by atoms with Crippen molar-refractivity contribution in [2.75, 3.05) is 47.5 Å². The van der Waals surface area contributed by atoms with Crippen molar-refractivity contribution in [1.82, 2.24) is 0 Å². The number of carboxylic acids is 1. The number of carbonyl (C=O) groups is 3. The molecule has 0 aliphatic rings. The fourth-order valence-corrected chi connectivity index (χ4v) is 7.66. The van der Waals surface area contributed by atoms with Crippen LogP contribution in [0.15, 0.2) is 72.9 Å². The number of carboxylic acid groups (broad SMARTS) is 1. The molecule has 0 saturated carbocycles. The lowest BCUT2D eigenvalue weighted by atomic mass is 10.0. The van der Waals surface area contributed by atoms with Crippen molar-refractivity contribution in [3.63, 3.8) is 0 Å². The van der Waals surface area contributed by atoms with E-state index in [0.29, 0.717) is 23.9 Å². The van der Waals surface area contributed by atoms with Gasteiger partial charge >= 0.3 is 17.9 Å². The van der Waals surface area contributed by atoms with E-state index in [1.807, 2.05) is 21.1 Å². The number of hydrogen-bond acceptors (Lipinski definition) is 7. The van der Waals surface area contributed by atoms with E-state index in [4.69, 9.17) is 18.9 Å². The Labute approximate surface area is 424 Å². The molecule has 0 bridgehead atoms. The van der Waals surface area contributed by atoms with Crippen molar-refractivity contribution in [2.24, 2.45) is 0 Å². The standard InChI is InChI=1S/C60H105NO8/c1-6-8-10-12-14-16-18-20-22-24-26-27-28-29-30-31-33-35-37-39-41-43-45-47-49-51-58(63)69-56(55-68-60(59(64)65)66-53-52-61(3,4)5)54-67-57(62)50-48-46-44-42-40-38-36-34-32-25-23-21-19-17-15-13-11-9-7-2/h8,10,14,16,20,22,26-27,29-30,33,35,56,60H,6-7,9,11-13,15,17-19,21,23-25,28,31-32,34,36-55H2,1-5H3/p+1/b10-8-,16-14-,22-20-,27-26-,30-29-,35-33-. The van der Waals surface area contributed by atoms with Crippen LogP contribution in [-0.2, 0) is 33.3 Å². The first-order valence-electron chi connectivity index (χ1n) is 28.1. The summed E-state index contributed by atoms with van der Waals surface area (Å²) in [7, 11) is 5.96. The van der Waals surface area contributed by atoms with Gasteiger partial charge in [0.25, 0.3) is 6.29 Å². The van der Waals surface area contributed by atoms with Crippen LogP contribution in [0, 0.1) is 0 Å². The third-order valence-corrected chi connectivity index (χ3v) is 12.0. The number of likely N-dealkylation sites (N-methyl/N-ethyl adjacent to an activating group) is 1. The van der Waals surface area contributed by atoms with E-state index in [1.54, 1.807) is 0 Å². The molecule has 398 valence electrons. The number of esters is 2. The minimum atomic E-state index is -1.52. The first kappa shape index (κ1) is 65.7. The number of carbonyl (C=O) groups excluding carboxylic acids is 2. The third-order valence-electron chi connectivity index (χ3n) is 12.0. The molecule has 0 aromatic heterocycles. The van der Waals surface area contributed by atoms with Gasteiger partial charge in [-0.3, -0.25) is 9.59 Å². The predicted octanol–water partition coefficient (Wildman–Crippen LogP) is 16.2. The van der Waals surface area contributed by atoms with E-state index in [0.717, 1.165) is 96.3 Å². The van der Waals surface area contributed by atoms with Gasteiger partial charge in [0.1, 0.15) is 13.2 Å². The number of hydrogen-bond donors (Lipinski definition) is 1. The van der Waals surface area contributed by atoms with Crippen LogP contribution < -0.4 is 0 Å². The van der Waals surface area contributed by atoms with Gasteiger partial charge in [-0.15, -0.1) is 0 Å². The molecule has 2 unspecified atom stereocenters. The monoisotopic (exact) mass is 969 g/mol. The molecule has 0 radical (unpaired) electrons. The van der Waals surface area contributed by atoms with Crippen LogP contribution in [0.1, 0.15) is 232 Å². The Balaban J connectivity index is 4.32. The van der Waals surface area contributed by atoms with Gasteiger partial charge in [-0.2, -0.15) is 0 Å². The highest BCUT2D eigenvalue weighted by molar-refractivity contribution is 5.71. The molecule has 0 aromatic carbocycles. The van der Waals surface area contributed by atoms with Crippen LogP contribution in [-0.4, -0.2) is 87.4 Å². The lowest BCUT2D eigenvalue weighted by Gasteiger charge is -2.25. The first-order valence-corrected chi connectivity index (χ1v) is 28.1. The molecule has 0 aliphatic heterocycles. The summed E-state index contributed by atoms with van der Waals surface area (Å²) in [6.45, 7) is 4.76. The highest BCUT2D eigenvalue weighted by Gasteiger charge is 2.25. The second-order valence-corrected chi connectivity index (χ2v) is 19.9. The summed E-state index contributed by atoms with van der Waals surface area (Å²) in [5, 5.41) is 9.69. The van der Waals surface area contributed by atoms with Gasteiger partial charge in [0.2, 0.25) is 0 Å². The Morgan fingerprint density at radius 1 is 0.449 bits per heavy atom. The smallest absolute Gasteiger partial charge is 0.361 e. The second kappa shape index (κ2) is 51.1. The fraction of sp³-hybridized carbons (Fsp3) is 0.750. The summed E-state index contributed by atoms with van der Waals surface area (Å²) >= 11 is 0. The first-order chi connectivity index (χ1) is 33.6. The number of quaternary nitrogens is 1. The zero-order valence-corrected chi connectivity index (χ0v) is 45.2. The molecule has 0 aromatic rings. The topological polar surface area (TPSA) is 108 Å². The molecule has 1 N–H and O–H groups in total. The maximum absolute atomic E-state index is 12.9. The maximum Gasteiger partial charge on any atom is 0.361 e. The Hall–Kier alpha value is -3.27. The van der Waals surface area contributed by atoms with E-state index < -0.39 is 24.3 Å². The third kappa shape index (κ3) is 52.4. The van der Waals surface area contributed by atoms with Gasteiger partial charge in [0.05, 0.1) is 34.4 Å². The molecule has 0 aliphatic carbocycles. The van der Waals surface area contributed by atoms with E-state index >= 15 is 0 Å². The average Bonchev–Trinajstić information content (AvgIpc) is 3.31. The van der Waals surface area contributed by atoms with E-state index in [1.165, 1.54) is 103 Å². The van der Waals surface area contributed by atoms with Gasteiger partial charge in [0, 0.05) is 12.8 Å². The largest absolute Gasteiger partial charge is 0.477 e. The van der Waals surface area contributed by atoms with Crippen LogP contribution in [0.3, 0.4) is 0 Å². The maximum atomic E-state index is 12.9. The summed E-state index contributed by atoms with van der Waals surface area (Å²) in [6, 6.07) is 0. The van der Waals surface area contributed by atoms with Gasteiger partial charge < -0.3 is 28.5 Å². The number of ether oxygens (including phenoxy) is 4. The minimum absolute atomic E-state index is 0.182. The number of rotatable bonds is 51. The van der Waals surface area contributed by atoms with E-state index in [9.17, 15) is 19.5 Å². The summed E-state index contributed by atoms with van der Waals surface area (Å²) in [6.07, 6.45) is 62.5. The molecular weight excluding hydrogens is 863 g/mol. The molecule has 0 heterocycles. The molecule has 0 saturated heterocycles. The Morgan fingerprint density at radius 2 is 0.826 bits per heavy atom. The number of aliphatic carboxylic acids is 1. The second-order valence-electron chi connectivity index (χ2n) is 19.9. The summed E-state index contributed by atoms with van der Waals surface area (Å²) < 4.78 is 22.9. The van der Waals surface area contributed by atoms with Crippen molar-refractivity contribution in [1.29, 1.82) is 0 Å². The van der Waals surface area contributed by atoms with Crippen LogP contribution in [0.2, 0.25) is 0 Å². The van der Waals surface area contributed by atoms with Gasteiger partial charge in [-0.05, 0) is 64.2 Å². The molecule has 9 nitrogen and oxygen atoms in total. The molecule has 0 rings (SSSR count). The molecule has 9 heteroatoms. The fourth-order valence-electron chi connectivity index (χ4n) is 7.66. The molecular formula is C60H106NO8+. The average molecular weight is 970 g/mol. The van der Waals surface area contributed by atoms with E-state index in [2.05, 4.69) is 86.8 Å². The van der Waals surface area contributed by atoms with Crippen molar-refractivity contribution >= 4 is 17.9 Å². The Bertz CT molecular complexity index is 1360. The van der Waals surface area contributed by atoms with Gasteiger partial charge in [-0.1, -0.05) is 228 Å². The van der Waals surface area contributed by atoms with Crippen molar-refractivity contribution in [2.45, 2.75) is 245 Å². The van der Waals surface area contributed by atoms with Gasteiger partial charge in [-0.25, -0.2) is 4.79 Å². The van der Waals surface area contributed by atoms with Crippen LogP contribution in [0.25, 0.3) is 0 Å². The van der Waals surface area contributed by atoms with Crippen LogP contribution in [0.5, 0.6) is 0 Å². The summed E-state index contributed by atoms with van der Waals surface area (Å²) in [5.74, 6) is -2.02. The lowest BCUT2D eigenvalue weighted by molar-refractivity contribution is -0.870. The van der Waals surface area contributed by atoms with Gasteiger partial charge in [0.15, 0.2) is 6.10 Å². The highest BCUT2D eigenvalue weighted by atomic mass is 16.7. The van der Waals surface area contributed by atoms with Crippen molar-refractivity contribution in [3.05, 3.63) is 72.9 Å². The predicted molar refractivity (Wildman–Crippen MR) is 290 cm³/mol. The SMILES string of the molecule is CC/C=C\C/C=C\C/C=C\C/C=C\C/C=C\C/C=C\CCCCCCCCC(=O)OC(COC(=O)CCCCCCCCCCCCCCCCCCCCC)COC(OCC[N+](C)(C)C)C(=O)O. The number of nitrogens with zero attached hydrogens (tertiary/aromatic N) is 1. The number of allylic oxidation sites excluding steroid dienone is 12.